The summed E-state index contributed by atoms with van der Waals surface area (Å²) >= 11 is 6.54. The third-order valence-corrected chi connectivity index (χ3v) is 5.89. The van der Waals surface area contributed by atoms with Crippen molar-refractivity contribution in [2.24, 2.45) is 11.3 Å². The lowest BCUT2D eigenvalue weighted by molar-refractivity contribution is -0.123. The second kappa shape index (κ2) is 5.68. The molecule has 0 aromatic rings. The molecule has 18 heavy (non-hydrogen) atoms. The summed E-state index contributed by atoms with van der Waals surface area (Å²) in [7, 11) is 0. The molecule has 2 saturated carbocycles. The molecule has 0 aromatic heterocycles. The molecule has 0 radical (unpaired) electrons. The summed E-state index contributed by atoms with van der Waals surface area (Å²) in [6, 6.07) is 0. The van der Waals surface area contributed by atoms with Crippen molar-refractivity contribution in [3.05, 3.63) is 0 Å². The highest BCUT2D eigenvalue weighted by Gasteiger charge is 2.54. The molecule has 0 amide bonds. The molecule has 3 fully saturated rings. The van der Waals surface area contributed by atoms with Gasteiger partial charge in [0.2, 0.25) is 0 Å². The van der Waals surface area contributed by atoms with Crippen LogP contribution in [0.15, 0.2) is 0 Å². The third-order valence-electron chi connectivity index (χ3n) is 5.28. The topological polar surface area (TPSA) is 18.5 Å². The highest BCUT2D eigenvalue weighted by atomic mass is 35.5. The number of hydrogen-bond acceptors (Lipinski definition) is 2. The molecular formula is C15H25ClO2. The summed E-state index contributed by atoms with van der Waals surface area (Å²) in [4.78, 5) is 0. The lowest BCUT2D eigenvalue weighted by Gasteiger charge is -2.53. The van der Waals surface area contributed by atoms with Crippen LogP contribution in [0, 0.1) is 11.3 Å². The molecule has 0 bridgehead atoms. The van der Waals surface area contributed by atoms with Crippen molar-refractivity contribution in [3.63, 3.8) is 0 Å². The molecule has 3 heteroatoms. The first kappa shape index (κ1) is 13.2. The Morgan fingerprint density at radius 2 is 1.94 bits per heavy atom. The summed E-state index contributed by atoms with van der Waals surface area (Å²) in [6.07, 6.45) is 10.7. The number of hydrogen-bond donors (Lipinski definition) is 0. The van der Waals surface area contributed by atoms with Gasteiger partial charge in [0.15, 0.2) is 0 Å². The van der Waals surface area contributed by atoms with Gasteiger partial charge in [-0.25, -0.2) is 0 Å². The van der Waals surface area contributed by atoms with Gasteiger partial charge in [-0.05, 0) is 25.7 Å². The van der Waals surface area contributed by atoms with Gasteiger partial charge < -0.3 is 9.47 Å². The van der Waals surface area contributed by atoms with Crippen LogP contribution >= 0.6 is 11.6 Å². The van der Waals surface area contributed by atoms with Crippen LogP contribution < -0.4 is 0 Å². The Morgan fingerprint density at radius 1 is 1.17 bits per heavy atom. The van der Waals surface area contributed by atoms with Crippen LogP contribution in [-0.2, 0) is 9.47 Å². The Labute approximate surface area is 115 Å². The molecule has 3 rings (SSSR count). The van der Waals surface area contributed by atoms with Gasteiger partial charge in [-0.15, -0.1) is 11.6 Å². The summed E-state index contributed by atoms with van der Waals surface area (Å²) in [5.41, 5.74) is 0.317. The van der Waals surface area contributed by atoms with Gasteiger partial charge in [0.25, 0.3) is 0 Å². The molecule has 3 unspecified atom stereocenters. The first-order valence-electron chi connectivity index (χ1n) is 7.65. The highest BCUT2D eigenvalue weighted by molar-refractivity contribution is 6.21. The molecule has 0 N–H and O–H groups in total. The van der Waals surface area contributed by atoms with Crippen LogP contribution in [0.4, 0.5) is 0 Å². The van der Waals surface area contributed by atoms with Crippen LogP contribution in [0.25, 0.3) is 0 Å². The maximum absolute atomic E-state index is 6.54. The zero-order valence-electron chi connectivity index (χ0n) is 11.2. The van der Waals surface area contributed by atoms with E-state index in [-0.39, 0.29) is 0 Å². The van der Waals surface area contributed by atoms with Gasteiger partial charge in [0, 0.05) is 23.3 Å². The summed E-state index contributed by atoms with van der Waals surface area (Å²) in [5, 5.41) is 0.362. The normalized spacial score (nSPS) is 39.5. The van der Waals surface area contributed by atoms with E-state index in [1.165, 1.54) is 44.9 Å². The van der Waals surface area contributed by atoms with Crippen LogP contribution in [0.3, 0.4) is 0 Å². The first-order chi connectivity index (χ1) is 8.81. The lowest BCUT2D eigenvalue weighted by atomic mass is 9.61. The fourth-order valence-electron chi connectivity index (χ4n) is 3.92. The van der Waals surface area contributed by atoms with E-state index in [9.17, 15) is 0 Å². The van der Waals surface area contributed by atoms with Gasteiger partial charge in [0.05, 0.1) is 19.3 Å². The Balaban J connectivity index is 1.54. The minimum Gasteiger partial charge on any atom is -0.381 e. The Kier molecular flexibility index (Phi) is 4.17. The maximum atomic E-state index is 6.54. The second-order valence-corrected chi connectivity index (χ2v) is 6.93. The average Bonchev–Trinajstić information content (AvgIpc) is 2.75. The van der Waals surface area contributed by atoms with Crippen molar-refractivity contribution < 1.29 is 9.47 Å². The molecule has 3 atom stereocenters. The largest absolute Gasteiger partial charge is 0.381 e. The van der Waals surface area contributed by atoms with E-state index in [0.717, 1.165) is 26.2 Å². The Hall–Kier alpha value is 0.210. The van der Waals surface area contributed by atoms with Gasteiger partial charge in [-0.2, -0.15) is 0 Å². The van der Waals surface area contributed by atoms with Gasteiger partial charge >= 0.3 is 0 Å². The fraction of sp³-hybridized carbons (Fsp3) is 1.00. The van der Waals surface area contributed by atoms with Crippen molar-refractivity contribution in [2.45, 2.75) is 62.8 Å². The minimum absolute atomic E-state index is 0.317. The molecule has 2 nitrogen and oxygen atoms in total. The smallest absolute Gasteiger partial charge is 0.0659 e. The molecule has 0 aromatic carbocycles. The van der Waals surface area contributed by atoms with E-state index in [1.54, 1.807) is 0 Å². The third kappa shape index (κ3) is 2.44. The standard InChI is InChI=1S/C15H25ClO2/c16-13-9-14(18-11-12-5-8-17-10-12)15(13)6-3-1-2-4-7-15/h12-14H,1-11H2. The monoisotopic (exact) mass is 272 g/mol. The Bertz CT molecular complexity index is 268. The molecule has 1 spiro atoms. The fourth-order valence-corrected chi connectivity index (χ4v) is 4.44. The zero-order valence-corrected chi connectivity index (χ0v) is 12.0. The summed E-state index contributed by atoms with van der Waals surface area (Å²) < 4.78 is 11.6. The Morgan fingerprint density at radius 3 is 2.56 bits per heavy atom. The predicted octanol–water partition coefficient (Wildman–Crippen LogP) is 3.76. The maximum Gasteiger partial charge on any atom is 0.0659 e. The van der Waals surface area contributed by atoms with E-state index >= 15 is 0 Å². The van der Waals surface area contributed by atoms with E-state index in [4.69, 9.17) is 21.1 Å². The van der Waals surface area contributed by atoms with Crippen LogP contribution in [0.5, 0.6) is 0 Å². The lowest BCUT2D eigenvalue weighted by Crippen LogP contribution is -2.55. The molecule has 1 aliphatic heterocycles. The zero-order chi connectivity index (χ0) is 12.4. The SMILES string of the molecule is ClC1CC(OCC2CCOC2)C12CCCCCC2. The number of rotatable bonds is 3. The van der Waals surface area contributed by atoms with Crippen molar-refractivity contribution in [1.29, 1.82) is 0 Å². The molecule has 1 saturated heterocycles. The minimum atomic E-state index is 0.317. The van der Waals surface area contributed by atoms with Crippen LogP contribution in [0.1, 0.15) is 51.4 Å². The van der Waals surface area contributed by atoms with Crippen molar-refractivity contribution in [3.8, 4) is 0 Å². The van der Waals surface area contributed by atoms with E-state index in [2.05, 4.69) is 0 Å². The van der Waals surface area contributed by atoms with Crippen LogP contribution in [-0.4, -0.2) is 31.3 Å². The molecule has 2 aliphatic carbocycles. The molecule has 1 heterocycles. The van der Waals surface area contributed by atoms with Crippen molar-refractivity contribution >= 4 is 11.6 Å². The number of alkyl halides is 1. The number of ether oxygens (including phenoxy) is 2. The van der Waals surface area contributed by atoms with E-state index < -0.39 is 0 Å². The molecular weight excluding hydrogens is 248 g/mol. The first-order valence-corrected chi connectivity index (χ1v) is 8.08. The van der Waals surface area contributed by atoms with E-state index in [1.807, 2.05) is 0 Å². The highest BCUT2D eigenvalue weighted by Crippen LogP contribution is 2.55. The molecule has 104 valence electrons. The van der Waals surface area contributed by atoms with E-state index in [0.29, 0.717) is 22.8 Å². The quantitative estimate of drug-likeness (QED) is 0.729. The van der Waals surface area contributed by atoms with Crippen LogP contribution in [0.2, 0.25) is 0 Å². The van der Waals surface area contributed by atoms with Crippen molar-refractivity contribution in [1.82, 2.24) is 0 Å². The molecule has 3 aliphatic rings. The second-order valence-electron chi connectivity index (χ2n) is 6.40. The van der Waals surface area contributed by atoms with Crippen molar-refractivity contribution in [2.75, 3.05) is 19.8 Å². The van der Waals surface area contributed by atoms with Gasteiger partial charge in [0.1, 0.15) is 0 Å². The summed E-state index contributed by atoms with van der Waals surface area (Å²) in [6.45, 7) is 2.70. The number of halogens is 1. The van der Waals surface area contributed by atoms with Gasteiger partial charge in [-0.1, -0.05) is 25.7 Å². The summed E-state index contributed by atoms with van der Waals surface area (Å²) in [5.74, 6) is 0.627. The average molecular weight is 273 g/mol. The van der Waals surface area contributed by atoms with Gasteiger partial charge in [-0.3, -0.25) is 0 Å². The predicted molar refractivity (Wildman–Crippen MR) is 73.1 cm³/mol.